The summed E-state index contributed by atoms with van der Waals surface area (Å²) in [5.74, 6) is 0. The number of nitrogens with one attached hydrogen (secondary N) is 1. The molecule has 2 nitrogen and oxygen atoms in total. The summed E-state index contributed by atoms with van der Waals surface area (Å²) in [6, 6.07) is 11.9. The summed E-state index contributed by atoms with van der Waals surface area (Å²) >= 11 is 7.58. The fraction of sp³-hybridized carbons (Fsp3) is 0.286. The molecule has 0 amide bonds. The first kappa shape index (κ1) is 13.6. The van der Waals surface area contributed by atoms with E-state index in [1.165, 1.54) is 4.88 Å². The summed E-state index contributed by atoms with van der Waals surface area (Å²) < 4.78 is 5.58. The normalized spacial score (nSPS) is 10.7. The molecule has 0 radical (unpaired) electrons. The highest BCUT2D eigenvalue weighted by molar-refractivity contribution is 7.09. The maximum atomic E-state index is 5.81. The Labute approximate surface area is 117 Å². The van der Waals surface area contributed by atoms with Gasteiger partial charge in [-0.05, 0) is 29.1 Å². The Bertz CT molecular complexity index is 441. The van der Waals surface area contributed by atoms with E-state index < -0.39 is 0 Å². The van der Waals surface area contributed by atoms with Gasteiger partial charge in [0.1, 0.15) is 0 Å². The lowest BCUT2D eigenvalue weighted by molar-refractivity contribution is 0.122. The smallest absolute Gasteiger partial charge is 0.0717 e. The van der Waals surface area contributed by atoms with Crippen LogP contribution in [-0.4, -0.2) is 13.2 Å². The third-order valence-electron chi connectivity index (χ3n) is 2.48. The van der Waals surface area contributed by atoms with Crippen molar-refractivity contribution >= 4 is 22.9 Å². The van der Waals surface area contributed by atoms with Crippen LogP contribution in [0.25, 0.3) is 0 Å². The van der Waals surface area contributed by atoms with Crippen LogP contribution in [0.2, 0.25) is 5.02 Å². The van der Waals surface area contributed by atoms with Crippen molar-refractivity contribution in [3.63, 3.8) is 0 Å². The predicted molar refractivity (Wildman–Crippen MR) is 77.1 cm³/mol. The molecule has 4 heteroatoms. The molecule has 0 saturated carbocycles. The molecule has 0 bridgehead atoms. The molecule has 0 atom stereocenters. The summed E-state index contributed by atoms with van der Waals surface area (Å²) in [4.78, 5) is 1.35. The minimum Gasteiger partial charge on any atom is -0.375 e. The van der Waals surface area contributed by atoms with Gasteiger partial charge in [0, 0.05) is 23.0 Å². The molecule has 2 aromatic rings. The predicted octanol–water partition coefficient (Wildman–Crippen LogP) is 3.71. The zero-order chi connectivity index (χ0) is 12.6. The number of benzene rings is 1. The Morgan fingerprint density at radius 2 is 2.00 bits per heavy atom. The minimum atomic E-state index is 0.637. The van der Waals surface area contributed by atoms with Crippen molar-refractivity contribution in [2.45, 2.75) is 13.2 Å². The second-order valence-corrected chi connectivity index (χ2v) is 5.40. The van der Waals surface area contributed by atoms with E-state index in [1.54, 1.807) is 11.3 Å². The Kier molecular flexibility index (Phi) is 5.68. The molecule has 1 aromatic carbocycles. The first-order valence-electron chi connectivity index (χ1n) is 5.90. The molecule has 0 aliphatic heterocycles. The Morgan fingerprint density at radius 3 is 2.72 bits per heavy atom. The average molecular weight is 282 g/mol. The van der Waals surface area contributed by atoms with Crippen LogP contribution in [0.3, 0.4) is 0 Å². The molecule has 18 heavy (non-hydrogen) atoms. The van der Waals surface area contributed by atoms with Crippen molar-refractivity contribution in [2.75, 3.05) is 13.2 Å². The molecule has 2 rings (SSSR count). The second kappa shape index (κ2) is 7.54. The Hall–Kier alpha value is -0.870. The molecule has 1 aromatic heterocycles. The number of hydrogen-bond acceptors (Lipinski definition) is 3. The summed E-state index contributed by atoms with van der Waals surface area (Å²) in [6.45, 7) is 3.14. The van der Waals surface area contributed by atoms with Crippen LogP contribution in [0.4, 0.5) is 0 Å². The van der Waals surface area contributed by atoms with Gasteiger partial charge in [-0.3, -0.25) is 0 Å². The highest BCUT2D eigenvalue weighted by Crippen LogP contribution is 2.10. The Morgan fingerprint density at radius 1 is 1.17 bits per heavy atom. The van der Waals surface area contributed by atoms with Gasteiger partial charge >= 0.3 is 0 Å². The van der Waals surface area contributed by atoms with E-state index in [0.29, 0.717) is 13.2 Å². The van der Waals surface area contributed by atoms with Gasteiger partial charge in [0.25, 0.3) is 0 Å². The molecule has 0 aliphatic carbocycles. The molecule has 0 aliphatic rings. The second-order valence-electron chi connectivity index (χ2n) is 3.94. The van der Waals surface area contributed by atoms with Crippen molar-refractivity contribution in [2.24, 2.45) is 0 Å². The zero-order valence-electron chi connectivity index (χ0n) is 10.1. The van der Waals surface area contributed by atoms with Crippen LogP contribution in [0.1, 0.15) is 10.4 Å². The first-order chi connectivity index (χ1) is 8.84. The third-order valence-corrected chi connectivity index (χ3v) is 3.61. The fourth-order valence-corrected chi connectivity index (χ4v) is 2.34. The van der Waals surface area contributed by atoms with Crippen molar-refractivity contribution in [3.05, 3.63) is 57.2 Å². The van der Waals surface area contributed by atoms with E-state index in [2.05, 4.69) is 22.8 Å². The largest absolute Gasteiger partial charge is 0.375 e. The molecule has 1 heterocycles. The highest BCUT2D eigenvalue weighted by Gasteiger charge is 1.95. The van der Waals surface area contributed by atoms with Gasteiger partial charge in [0.15, 0.2) is 0 Å². The topological polar surface area (TPSA) is 21.3 Å². The molecule has 0 spiro atoms. The van der Waals surface area contributed by atoms with Gasteiger partial charge in [-0.2, -0.15) is 0 Å². The molecular weight excluding hydrogens is 266 g/mol. The number of rotatable bonds is 7. The van der Waals surface area contributed by atoms with Crippen molar-refractivity contribution < 1.29 is 4.74 Å². The van der Waals surface area contributed by atoms with E-state index in [9.17, 15) is 0 Å². The van der Waals surface area contributed by atoms with Crippen LogP contribution in [0, 0.1) is 0 Å². The van der Waals surface area contributed by atoms with Crippen molar-refractivity contribution in [1.29, 1.82) is 0 Å². The van der Waals surface area contributed by atoms with Crippen LogP contribution in [-0.2, 0) is 17.9 Å². The molecule has 0 unspecified atom stereocenters. The quantitative estimate of drug-likeness (QED) is 0.781. The SMILES string of the molecule is Clc1ccc(COCCNCc2cccs2)cc1. The van der Waals surface area contributed by atoms with Gasteiger partial charge < -0.3 is 10.1 Å². The monoisotopic (exact) mass is 281 g/mol. The van der Waals surface area contributed by atoms with E-state index >= 15 is 0 Å². The van der Waals surface area contributed by atoms with E-state index in [0.717, 1.165) is 23.7 Å². The van der Waals surface area contributed by atoms with Crippen LogP contribution in [0.5, 0.6) is 0 Å². The van der Waals surface area contributed by atoms with E-state index in [1.807, 2.05) is 24.3 Å². The van der Waals surface area contributed by atoms with E-state index in [-0.39, 0.29) is 0 Å². The van der Waals surface area contributed by atoms with Crippen LogP contribution < -0.4 is 5.32 Å². The summed E-state index contributed by atoms with van der Waals surface area (Å²) in [5.41, 5.74) is 1.15. The number of thiophene rings is 1. The molecule has 1 N–H and O–H groups in total. The molecule has 0 saturated heterocycles. The molecular formula is C14H16ClNOS. The lowest BCUT2D eigenvalue weighted by atomic mass is 10.2. The average Bonchev–Trinajstić information content (AvgIpc) is 2.89. The summed E-state index contributed by atoms with van der Waals surface area (Å²) in [5, 5.41) is 6.20. The van der Waals surface area contributed by atoms with Gasteiger partial charge in [-0.15, -0.1) is 11.3 Å². The zero-order valence-corrected chi connectivity index (χ0v) is 11.6. The number of ether oxygens (including phenoxy) is 1. The van der Waals surface area contributed by atoms with Crippen LogP contribution in [0.15, 0.2) is 41.8 Å². The maximum Gasteiger partial charge on any atom is 0.0717 e. The molecule has 0 fully saturated rings. The number of hydrogen-bond donors (Lipinski definition) is 1. The van der Waals surface area contributed by atoms with Gasteiger partial charge in [-0.1, -0.05) is 29.8 Å². The fourth-order valence-electron chi connectivity index (χ4n) is 1.54. The Balaban J connectivity index is 1.55. The van der Waals surface area contributed by atoms with Gasteiger partial charge in [0.05, 0.1) is 13.2 Å². The lowest BCUT2D eigenvalue weighted by Gasteiger charge is -2.05. The highest BCUT2D eigenvalue weighted by atomic mass is 35.5. The first-order valence-corrected chi connectivity index (χ1v) is 7.15. The van der Waals surface area contributed by atoms with Gasteiger partial charge in [-0.25, -0.2) is 0 Å². The molecule has 96 valence electrons. The summed E-state index contributed by atoms with van der Waals surface area (Å²) in [7, 11) is 0. The van der Waals surface area contributed by atoms with Crippen molar-refractivity contribution in [3.8, 4) is 0 Å². The van der Waals surface area contributed by atoms with Crippen LogP contribution >= 0.6 is 22.9 Å². The lowest BCUT2D eigenvalue weighted by Crippen LogP contribution is -2.18. The summed E-state index contributed by atoms with van der Waals surface area (Å²) in [6.07, 6.45) is 0. The maximum absolute atomic E-state index is 5.81. The minimum absolute atomic E-state index is 0.637. The van der Waals surface area contributed by atoms with E-state index in [4.69, 9.17) is 16.3 Å². The standard InChI is InChI=1S/C14H16ClNOS/c15-13-5-3-12(4-6-13)11-17-8-7-16-10-14-2-1-9-18-14/h1-6,9,16H,7-8,10-11H2. The van der Waals surface area contributed by atoms with Crippen molar-refractivity contribution in [1.82, 2.24) is 5.32 Å². The third kappa shape index (κ3) is 4.78. The van der Waals surface area contributed by atoms with Gasteiger partial charge in [0.2, 0.25) is 0 Å². The number of halogens is 1.